The van der Waals surface area contributed by atoms with Gasteiger partial charge in [-0.05, 0) is 57.8 Å². The Kier molecular flexibility index (Phi) is 2.85. The van der Waals surface area contributed by atoms with Gasteiger partial charge in [0, 0.05) is 17.2 Å². The lowest BCUT2D eigenvalue weighted by atomic mass is 9.95. The molecule has 0 aromatic carbocycles. The smallest absolute Gasteiger partial charge is 0.224 e. The van der Waals surface area contributed by atoms with Gasteiger partial charge < -0.3 is 10.6 Å². The zero-order chi connectivity index (χ0) is 15.5. The highest BCUT2D eigenvalue weighted by Crippen LogP contribution is 2.49. The van der Waals surface area contributed by atoms with Gasteiger partial charge in [0.25, 0.3) is 0 Å². The summed E-state index contributed by atoms with van der Waals surface area (Å²) in [7, 11) is 0. The fourth-order valence-electron chi connectivity index (χ4n) is 3.90. The molecule has 2 aliphatic rings. The van der Waals surface area contributed by atoms with E-state index >= 15 is 0 Å². The van der Waals surface area contributed by atoms with Crippen molar-refractivity contribution in [3.8, 4) is 0 Å². The minimum absolute atomic E-state index is 0.188. The van der Waals surface area contributed by atoms with Gasteiger partial charge >= 0.3 is 0 Å². The van der Waals surface area contributed by atoms with Gasteiger partial charge in [-0.2, -0.15) is 5.10 Å². The number of aromatic nitrogens is 2. The molecular weight excluding hydrogens is 276 g/mol. The Balaban J connectivity index is 1.59. The first kappa shape index (κ1) is 13.8. The van der Waals surface area contributed by atoms with Crippen molar-refractivity contribution in [3.63, 3.8) is 0 Å². The standard InChI is InChI=1S/C17H22N4O/c1-10-5-4-6-14-13(9-19-21(10)14)17(2,3)20-16(22)15-11-7-18-8-12(11)15/h4-6,9,11-12,15,18H,7-8H2,1-3H3,(H,20,22)/t11-,12?,15?/m1/s1. The number of rotatable bonds is 3. The zero-order valence-electron chi connectivity index (χ0n) is 13.3. The summed E-state index contributed by atoms with van der Waals surface area (Å²) in [5.41, 5.74) is 2.79. The van der Waals surface area contributed by atoms with Gasteiger partial charge in [0.1, 0.15) is 0 Å². The van der Waals surface area contributed by atoms with Crippen LogP contribution in [0.25, 0.3) is 5.52 Å². The minimum Gasteiger partial charge on any atom is -0.347 e. The van der Waals surface area contributed by atoms with Crippen LogP contribution in [0, 0.1) is 24.7 Å². The molecular formula is C17H22N4O. The van der Waals surface area contributed by atoms with Crippen LogP contribution in [0.3, 0.4) is 0 Å². The third kappa shape index (κ3) is 1.96. The first-order chi connectivity index (χ1) is 10.5. The summed E-state index contributed by atoms with van der Waals surface area (Å²) < 4.78 is 1.93. The number of nitrogens with zero attached hydrogens (tertiary/aromatic N) is 2. The molecule has 1 saturated carbocycles. The summed E-state index contributed by atoms with van der Waals surface area (Å²) in [6, 6.07) is 6.12. The Hall–Kier alpha value is -1.88. The maximum Gasteiger partial charge on any atom is 0.224 e. The number of aryl methyl sites for hydroxylation is 1. The number of hydrogen-bond donors (Lipinski definition) is 2. The van der Waals surface area contributed by atoms with Crippen molar-refractivity contribution in [1.29, 1.82) is 0 Å². The number of fused-ring (bicyclic) bond motifs is 2. The van der Waals surface area contributed by atoms with E-state index in [1.807, 2.05) is 29.8 Å². The van der Waals surface area contributed by atoms with E-state index in [9.17, 15) is 4.79 Å². The Bertz CT molecular complexity index is 738. The van der Waals surface area contributed by atoms with Gasteiger partial charge in [-0.15, -0.1) is 0 Å². The van der Waals surface area contributed by atoms with E-state index in [1.165, 1.54) is 0 Å². The van der Waals surface area contributed by atoms with E-state index < -0.39 is 5.54 Å². The number of amides is 1. The van der Waals surface area contributed by atoms with Crippen LogP contribution in [0.5, 0.6) is 0 Å². The van der Waals surface area contributed by atoms with Crippen molar-refractivity contribution < 1.29 is 4.79 Å². The average Bonchev–Trinajstić information content (AvgIpc) is 2.85. The molecule has 0 radical (unpaired) electrons. The van der Waals surface area contributed by atoms with E-state index in [2.05, 4.69) is 35.6 Å². The molecule has 2 aromatic rings. The summed E-state index contributed by atoms with van der Waals surface area (Å²) in [6.45, 7) is 8.12. The summed E-state index contributed by atoms with van der Waals surface area (Å²) >= 11 is 0. The summed E-state index contributed by atoms with van der Waals surface area (Å²) in [6.07, 6.45) is 1.87. The second kappa shape index (κ2) is 4.56. The molecule has 2 aromatic heterocycles. The van der Waals surface area contributed by atoms with Gasteiger partial charge in [0.05, 0.1) is 17.3 Å². The van der Waals surface area contributed by atoms with E-state index in [0.29, 0.717) is 11.8 Å². The third-order valence-electron chi connectivity index (χ3n) is 5.24. The largest absolute Gasteiger partial charge is 0.347 e. The Labute approximate surface area is 130 Å². The molecule has 1 aliphatic carbocycles. The van der Waals surface area contributed by atoms with Crippen LogP contribution in [0.1, 0.15) is 25.1 Å². The Morgan fingerprint density at radius 3 is 2.82 bits per heavy atom. The monoisotopic (exact) mass is 298 g/mol. The first-order valence-corrected chi connectivity index (χ1v) is 7.95. The second-order valence-corrected chi connectivity index (χ2v) is 7.15. The highest BCUT2D eigenvalue weighted by atomic mass is 16.2. The van der Waals surface area contributed by atoms with Crippen LogP contribution in [-0.2, 0) is 10.3 Å². The highest BCUT2D eigenvalue weighted by molar-refractivity contribution is 5.83. The van der Waals surface area contributed by atoms with Crippen LogP contribution in [0.2, 0.25) is 0 Å². The van der Waals surface area contributed by atoms with E-state index in [-0.39, 0.29) is 11.8 Å². The number of carbonyl (C=O) groups excluding carboxylic acids is 1. The van der Waals surface area contributed by atoms with E-state index in [1.54, 1.807) is 0 Å². The molecule has 5 heteroatoms. The molecule has 116 valence electrons. The second-order valence-electron chi connectivity index (χ2n) is 7.15. The van der Waals surface area contributed by atoms with Gasteiger partial charge in [-0.25, -0.2) is 4.52 Å². The quantitative estimate of drug-likeness (QED) is 0.902. The zero-order valence-corrected chi connectivity index (χ0v) is 13.3. The molecule has 2 unspecified atom stereocenters. The van der Waals surface area contributed by atoms with Gasteiger partial charge in [0.15, 0.2) is 0 Å². The molecule has 3 atom stereocenters. The summed E-state index contributed by atoms with van der Waals surface area (Å²) in [5, 5.41) is 11.0. The van der Waals surface area contributed by atoms with Gasteiger partial charge in [-0.3, -0.25) is 4.79 Å². The normalized spacial score (nSPS) is 27.0. The minimum atomic E-state index is -0.420. The molecule has 22 heavy (non-hydrogen) atoms. The van der Waals surface area contributed by atoms with E-state index in [0.717, 1.165) is 29.9 Å². The molecule has 1 aliphatic heterocycles. The Morgan fingerprint density at radius 1 is 1.36 bits per heavy atom. The van der Waals surface area contributed by atoms with Gasteiger partial charge in [0.2, 0.25) is 5.91 Å². The third-order valence-corrected chi connectivity index (χ3v) is 5.24. The first-order valence-electron chi connectivity index (χ1n) is 7.95. The summed E-state index contributed by atoms with van der Waals surface area (Å²) in [5.74, 6) is 1.47. The van der Waals surface area contributed by atoms with Crippen molar-refractivity contribution in [1.82, 2.24) is 20.2 Å². The molecule has 2 N–H and O–H groups in total. The lowest BCUT2D eigenvalue weighted by Gasteiger charge is -2.26. The lowest BCUT2D eigenvalue weighted by Crippen LogP contribution is -2.43. The SMILES string of the molecule is Cc1cccc2c(C(C)(C)NC(=O)C3C4CNC[C@H]43)cnn12. The number of hydrogen-bond acceptors (Lipinski definition) is 3. The van der Waals surface area contributed by atoms with E-state index in [4.69, 9.17) is 0 Å². The van der Waals surface area contributed by atoms with Crippen molar-refractivity contribution in [2.75, 3.05) is 13.1 Å². The van der Waals surface area contributed by atoms with Crippen molar-refractivity contribution in [3.05, 3.63) is 35.7 Å². The fourth-order valence-corrected chi connectivity index (χ4v) is 3.90. The average molecular weight is 298 g/mol. The Morgan fingerprint density at radius 2 is 2.09 bits per heavy atom. The highest BCUT2D eigenvalue weighted by Gasteiger charge is 2.57. The molecule has 3 heterocycles. The number of piperidine rings is 1. The maximum atomic E-state index is 12.6. The predicted molar refractivity (Wildman–Crippen MR) is 84.4 cm³/mol. The summed E-state index contributed by atoms with van der Waals surface area (Å²) in [4.78, 5) is 12.6. The fraction of sp³-hybridized carbons (Fsp3) is 0.529. The van der Waals surface area contributed by atoms with Crippen LogP contribution in [0.15, 0.2) is 24.4 Å². The molecule has 0 bridgehead atoms. The number of carbonyl (C=O) groups is 1. The molecule has 2 fully saturated rings. The lowest BCUT2D eigenvalue weighted by molar-refractivity contribution is -0.124. The van der Waals surface area contributed by atoms with Crippen molar-refractivity contribution >= 4 is 11.4 Å². The van der Waals surface area contributed by atoms with Gasteiger partial charge in [-0.1, -0.05) is 6.07 Å². The molecule has 5 nitrogen and oxygen atoms in total. The number of nitrogens with one attached hydrogen (secondary N) is 2. The predicted octanol–water partition coefficient (Wildman–Crippen LogP) is 1.46. The molecule has 4 rings (SSSR count). The van der Waals surface area contributed by atoms with Crippen LogP contribution in [0.4, 0.5) is 0 Å². The van der Waals surface area contributed by atoms with Crippen LogP contribution < -0.4 is 10.6 Å². The molecule has 1 amide bonds. The maximum absolute atomic E-state index is 12.6. The molecule has 0 spiro atoms. The van der Waals surface area contributed by atoms with Crippen molar-refractivity contribution in [2.45, 2.75) is 26.3 Å². The van der Waals surface area contributed by atoms with Crippen LogP contribution >= 0.6 is 0 Å². The topological polar surface area (TPSA) is 58.4 Å². The van der Waals surface area contributed by atoms with Crippen molar-refractivity contribution in [2.24, 2.45) is 17.8 Å². The molecule has 1 saturated heterocycles. The van der Waals surface area contributed by atoms with Crippen LogP contribution in [-0.4, -0.2) is 28.6 Å². The number of pyridine rings is 1.